The van der Waals surface area contributed by atoms with Crippen molar-refractivity contribution in [3.05, 3.63) is 76.5 Å². The minimum Gasteiger partial charge on any atom is -0.493 e. The zero-order valence-electron chi connectivity index (χ0n) is 20.4. The number of piperidine rings is 1. The number of halogens is 1. The molecule has 3 aromatic heterocycles. The Kier molecular flexibility index (Phi) is 7.91. The highest BCUT2D eigenvalue weighted by Gasteiger charge is 2.21. The van der Waals surface area contributed by atoms with Gasteiger partial charge < -0.3 is 24.2 Å². The fourth-order valence-corrected chi connectivity index (χ4v) is 5.31. The number of carbonyl (C=O) groups excluding carboxylic acids is 1. The van der Waals surface area contributed by atoms with Crippen molar-refractivity contribution in [3.8, 4) is 22.1 Å². The Balaban J connectivity index is 1.15. The van der Waals surface area contributed by atoms with Crippen LogP contribution in [0, 0.1) is 5.92 Å². The molecule has 8 nitrogen and oxygen atoms in total. The fourth-order valence-electron chi connectivity index (χ4n) is 4.31. The van der Waals surface area contributed by atoms with E-state index in [0.29, 0.717) is 45.3 Å². The molecule has 0 unspecified atom stereocenters. The van der Waals surface area contributed by atoms with Crippen LogP contribution in [0.25, 0.3) is 10.6 Å². The highest BCUT2D eigenvalue weighted by atomic mass is 35.5. The van der Waals surface area contributed by atoms with E-state index >= 15 is 0 Å². The van der Waals surface area contributed by atoms with E-state index in [-0.39, 0.29) is 12.5 Å². The minimum atomic E-state index is -0.137. The van der Waals surface area contributed by atoms with Gasteiger partial charge in [-0.15, -0.1) is 11.3 Å². The first-order valence-corrected chi connectivity index (χ1v) is 13.2. The van der Waals surface area contributed by atoms with Crippen molar-refractivity contribution in [2.75, 3.05) is 31.6 Å². The van der Waals surface area contributed by atoms with Gasteiger partial charge in [-0.25, -0.2) is 0 Å². The van der Waals surface area contributed by atoms with Crippen LogP contribution in [0.4, 0.5) is 5.69 Å². The molecule has 1 N–H and O–H groups in total. The molecular formula is C27H27ClN4O4S. The van der Waals surface area contributed by atoms with Gasteiger partial charge >= 0.3 is 0 Å². The van der Waals surface area contributed by atoms with Gasteiger partial charge in [0, 0.05) is 49.3 Å². The summed E-state index contributed by atoms with van der Waals surface area (Å²) in [5.41, 5.74) is 2.33. The Bertz CT molecular complexity index is 1340. The maximum Gasteiger partial charge on any atom is 0.251 e. The van der Waals surface area contributed by atoms with E-state index in [2.05, 4.69) is 20.4 Å². The van der Waals surface area contributed by atoms with Crippen LogP contribution in [0.15, 0.2) is 65.4 Å². The molecule has 0 spiro atoms. The number of methoxy groups -OCH3 is 1. The van der Waals surface area contributed by atoms with Crippen molar-refractivity contribution >= 4 is 34.5 Å². The Morgan fingerprint density at radius 2 is 1.95 bits per heavy atom. The van der Waals surface area contributed by atoms with Crippen molar-refractivity contribution in [1.82, 2.24) is 15.5 Å². The van der Waals surface area contributed by atoms with Crippen LogP contribution in [0.3, 0.4) is 0 Å². The first kappa shape index (κ1) is 25.1. The molecule has 0 aliphatic carbocycles. The SMILES string of the molecule is COc1ccc(C(=O)NCC2CCN(c3ccncc3)CC2)cc1OCc1cc(-c2ccc(Cl)s2)on1. The van der Waals surface area contributed by atoms with Gasteiger partial charge in [-0.2, -0.15) is 0 Å². The van der Waals surface area contributed by atoms with E-state index in [4.69, 9.17) is 25.6 Å². The maximum absolute atomic E-state index is 12.9. The maximum atomic E-state index is 12.9. The molecule has 0 saturated carbocycles. The topological polar surface area (TPSA) is 89.7 Å². The normalized spacial score (nSPS) is 13.9. The molecule has 4 heterocycles. The molecule has 1 fully saturated rings. The number of nitrogens with zero attached hydrogens (tertiary/aromatic N) is 3. The number of benzene rings is 1. The molecule has 1 aliphatic heterocycles. The van der Waals surface area contributed by atoms with Crippen molar-refractivity contribution < 1.29 is 18.8 Å². The number of thiophene rings is 1. The molecule has 1 amide bonds. The fraction of sp³-hybridized carbons (Fsp3) is 0.296. The third-order valence-corrected chi connectivity index (χ3v) is 7.62. The van der Waals surface area contributed by atoms with Gasteiger partial charge in [-0.1, -0.05) is 16.8 Å². The smallest absolute Gasteiger partial charge is 0.251 e. The van der Waals surface area contributed by atoms with E-state index in [0.717, 1.165) is 30.8 Å². The van der Waals surface area contributed by atoms with E-state index in [9.17, 15) is 4.79 Å². The van der Waals surface area contributed by atoms with E-state index < -0.39 is 0 Å². The van der Waals surface area contributed by atoms with E-state index in [1.54, 1.807) is 25.3 Å². The van der Waals surface area contributed by atoms with Gasteiger partial charge in [0.1, 0.15) is 12.3 Å². The Morgan fingerprint density at radius 3 is 2.68 bits per heavy atom. The molecule has 37 heavy (non-hydrogen) atoms. The molecule has 0 atom stereocenters. The average Bonchev–Trinajstić information content (AvgIpc) is 3.60. The number of ether oxygens (including phenoxy) is 2. The third-order valence-electron chi connectivity index (χ3n) is 6.37. The average molecular weight is 539 g/mol. The lowest BCUT2D eigenvalue weighted by atomic mass is 9.96. The number of rotatable bonds is 9. The molecule has 0 bridgehead atoms. The molecular weight excluding hydrogens is 512 g/mol. The van der Waals surface area contributed by atoms with Crippen LogP contribution < -0.4 is 19.7 Å². The summed E-state index contributed by atoms with van der Waals surface area (Å²) in [5, 5.41) is 7.16. The summed E-state index contributed by atoms with van der Waals surface area (Å²) in [6.07, 6.45) is 5.69. The molecule has 192 valence electrons. The molecule has 1 aliphatic rings. The predicted octanol–water partition coefficient (Wildman–Crippen LogP) is 5.69. The van der Waals surface area contributed by atoms with Crippen molar-refractivity contribution in [2.45, 2.75) is 19.4 Å². The number of pyridine rings is 1. The van der Waals surface area contributed by atoms with Crippen molar-refractivity contribution in [2.24, 2.45) is 5.92 Å². The second-order valence-electron chi connectivity index (χ2n) is 8.79. The summed E-state index contributed by atoms with van der Waals surface area (Å²) in [4.78, 5) is 20.2. The lowest BCUT2D eigenvalue weighted by Gasteiger charge is -2.33. The number of nitrogens with one attached hydrogen (secondary N) is 1. The summed E-state index contributed by atoms with van der Waals surface area (Å²) in [6.45, 7) is 2.74. The number of anilines is 1. The molecule has 0 radical (unpaired) electrons. The minimum absolute atomic E-state index is 0.137. The lowest BCUT2D eigenvalue weighted by Crippen LogP contribution is -2.38. The third kappa shape index (κ3) is 6.23. The van der Waals surface area contributed by atoms with Gasteiger partial charge in [0.25, 0.3) is 5.91 Å². The number of hydrogen-bond donors (Lipinski definition) is 1. The second-order valence-corrected chi connectivity index (χ2v) is 10.5. The summed E-state index contributed by atoms with van der Waals surface area (Å²) in [7, 11) is 1.56. The molecule has 10 heteroatoms. The summed E-state index contributed by atoms with van der Waals surface area (Å²) in [6, 6.07) is 14.7. The largest absolute Gasteiger partial charge is 0.493 e. The number of hydrogen-bond acceptors (Lipinski definition) is 8. The van der Waals surface area contributed by atoms with Crippen LogP contribution in [-0.2, 0) is 6.61 Å². The van der Waals surface area contributed by atoms with Crippen LogP contribution in [0.5, 0.6) is 11.5 Å². The Labute approximate surface area is 224 Å². The Morgan fingerprint density at radius 1 is 1.14 bits per heavy atom. The molecule has 1 aromatic carbocycles. The number of amides is 1. The zero-order valence-corrected chi connectivity index (χ0v) is 21.9. The van der Waals surface area contributed by atoms with Crippen LogP contribution >= 0.6 is 22.9 Å². The van der Waals surface area contributed by atoms with Gasteiger partial charge in [0.2, 0.25) is 0 Å². The highest BCUT2D eigenvalue weighted by Crippen LogP contribution is 2.32. The van der Waals surface area contributed by atoms with Gasteiger partial charge in [0.15, 0.2) is 17.3 Å². The van der Waals surface area contributed by atoms with Crippen molar-refractivity contribution in [1.29, 1.82) is 0 Å². The van der Waals surface area contributed by atoms with E-state index in [1.807, 2.05) is 42.7 Å². The quantitative estimate of drug-likeness (QED) is 0.293. The van der Waals surface area contributed by atoms with Gasteiger partial charge in [0.05, 0.1) is 16.3 Å². The molecule has 4 aromatic rings. The standard InChI is InChI=1S/C27H27ClN4O4S/c1-34-22-3-2-19(14-23(22)35-17-20-15-24(36-31-20)25-4-5-26(28)37-25)27(33)30-16-18-8-12-32(13-9-18)21-6-10-29-11-7-21/h2-7,10-11,14-15,18H,8-9,12-13,16-17H2,1H3,(H,30,33). The summed E-state index contributed by atoms with van der Waals surface area (Å²) in [5.74, 6) is 1.93. The number of carbonyl (C=O) groups is 1. The van der Waals surface area contributed by atoms with Crippen LogP contribution in [0.2, 0.25) is 4.34 Å². The van der Waals surface area contributed by atoms with Gasteiger partial charge in [-0.05, 0) is 61.2 Å². The molecule has 5 rings (SSSR count). The summed E-state index contributed by atoms with van der Waals surface area (Å²) >= 11 is 7.42. The molecule has 1 saturated heterocycles. The Hall–Kier alpha value is -3.56. The summed E-state index contributed by atoms with van der Waals surface area (Å²) < 4.78 is 17.5. The van der Waals surface area contributed by atoms with Crippen LogP contribution in [-0.4, -0.2) is 42.8 Å². The first-order chi connectivity index (χ1) is 18.1. The monoisotopic (exact) mass is 538 g/mol. The van der Waals surface area contributed by atoms with Gasteiger partial charge in [-0.3, -0.25) is 9.78 Å². The highest BCUT2D eigenvalue weighted by molar-refractivity contribution is 7.19. The predicted molar refractivity (Wildman–Crippen MR) is 144 cm³/mol. The number of aromatic nitrogens is 2. The van der Waals surface area contributed by atoms with E-state index in [1.165, 1.54) is 17.0 Å². The second kappa shape index (κ2) is 11.7. The van der Waals surface area contributed by atoms with Crippen molar-refractivity contribution in [3.63, 3.8) is 0 Å². The van der Waals surface area contributed by atoms with Crippen LogP contribution in [0.1, 0.15) is 28.9 Å². The first-order valence-electron chi connectivity index (χ1n) is 12.0. The lowest BCUT2D eigenvalue weighted by molar-refractivity contribution is 0.0944. The zero-order chi connectivity index (χ0) is 25.6.